The lowest BCUT2D eigenvalue weighted by molar-refractivity contribution is 0.0728. The molecule has 0 spiro atoms. The van der Waals surface area contributed by atoms with Crippen molar-refractivity contribution in [3.63, 3.8) is 0 Å². The quantitative estimate of drug-likeness (QED) is 0.595. The third kappa shape index (κ3) is 3.91. The van der Waals surface area contributed by atoms with E-state index in [-0.39, 0.29) is 5.75 Å². The molecule has 110 valence electrons. The van der Waals surface area contributed by atoms with Crippen molar-refractivity contribution in [1.82, 2.24) is 0 Å². The number of carbonyl (C=O) groups excluding carboxylic acids is 1. The minimum absolute atomic E-state index is 0.0283. The normalized spacial score (nSPS) is 10.4. The van der Waals surface area contributed by atoms with Crippen LogP contribution in [0.25, 0.3) is 0 Å². The van der Waals surface area contributed by atoms with Crippen LogP contribution >= 0.6 is 0 Å². The van der Waals surface area contributed by atoms with E-state index in [0.717, 1.165) is 30.4 Å². The Balaban J connectivity index is 2.11. The average Bonchev–Trinajstić information content (AvgIpc) is 2.50. The van der Waals surface area contributed by atoms with E-state index in [1.807, 2.05) is 26.0 Å². The maximum atomic E-state index is 13.9. The van der Waals surface area contributed by atoms with Crippen molar-refractivity contribution in [2.75, 3.05) is 0 Å². The van der Waals surface area contributed by atoms with Gasteiger partial charge >= 0.3 is 5.97 Å². The summed E-state index contributed by atoms with van der Waals surface area (Å²) >= 11 is 0. The molecule has 2 nitrogen and oxygen atoms in total. The van der Waals surface area contributed by atoms with E-state index in [1.54, 1.807) is 18.2 Å². The van der Waals surface area contributed by atoms with Crippen LogP contribution in [0.2, 0.25) is 0 Å². The maximum Gasteiger partial charge on any atom is 0.343 e. The van der Waals surface area contributed by atoms with Gasteiger partial charge in [-0.25, -0.2) is 9.18 Å². The van der Waals surface area contributed by atoms with E-state index in [4.69, 9.17) is 4.74 Å². The predicted molar refractivity (Wildman–Crippen MR) is 81.2 cm³/mol. The zero-order chi connectivity index (χ0) is 15.2. The Morgan fingerprint density at radius 2 is 1.71 bits per heavy atom. The maximum absolute atomic E-state index is 13.9. The van der Waals surface area contributed by atoms with E-state index in [1.165, 1.54) is 12.1 Å². The number of carbonyl (C=O) groups is 1. The number of benzene rings is 2. The molecule has 0 fully saturated rings. The first-order chi connectivity index (χ1) is 10.1. The fraction of sp³-hybridized carbons (Fsp3) is 0.278. The molecular formula is C18H19FO2. The highest BCUT2D eigenvalue weighted by Gasteiger charge is 2.12. The SMILES string of the molecule is CCCc1ccc(OC(=O)c2ccc(CC)cc2)c(F)c1. The summed E-state index contributed by atoms with van der Waals surface area (Å²) in [6.45, 7) is 4.08. The zero-order valence-corrected chi connectivity index (χ0v) is 12.4. The van der Waals surface area contributed by atoms with Crippen molar-refractivity contribution in [2.45, 2.75) is 33.1 Å². The van der Waals surface area contributed by atoms with Gasteiger partial charge in [-0.3, -0.25) is 0 Å². The fourth-order valence-corrected chi connectivity index (χ4v) is 2.11. The van der Waals surface area contributed by atoms with Crippen molar-refractivity contribution in [2.24, 2.45) is 0 Å². The van der Waals surface area contributed by atoms with Gasteiger partial charge in [-0.1, -0.05) is 38.5 Å². The van der Waals surface area contributed by atoms with Crippen molar-refractivity contribution >= 4 is 5.97 Å². The van der Waals surface area contributed by atoms with Crippen LogP contribution in [0.1, 0.15) is 41.8 Å². The fourth-order valence-electron chi connectivity index (χ4n) is 2.11. The monoisotopic (exact) mass is 286 g/mol. The van der Waals surface area contributed by atoms with Gasteiger partial charge in [0.25, 0.3) is 0 Å². The van der Waals surface area contributed by atoms with Gasteiger partial charge in [-0.15, -0.1) is 0 Å². The number of esters is 1. The minimum Gasteiger partial charge on any atom is -0.420 e. The third-order valence-electron chi connectivity index (χ3n) is 3.34. The average molecular weight is 286 g/mol. The molecule has 0 aliphatic carbocycles. The van der Waals surface area contributed by atoms with E-state index < -0.39 is 11.8 Å². The van der Waals surface area contributed by atoms with Crippen LogP contribution in [0.4, 0.5) is 4.39 Å². The summed E-state index contributed by atoms with van der Waals surface area (Å²) in [7, 11) is 0. The smallest absolute Gasteiger partial charge is 0.343 e. The molecule has 0 heterocycles. The first-order valence-corrected chi connectivity index (χ1v) is 7.23. The molecule has 0 unspecified atom stereocenters. The lowest BCUT2D eigenvalue weighted by Crippen LogP contribution is -2.09. The van der Waals surface area contributed by atoms with Gasteiger partial charge in [-0.2, -0.15) is 0 Å². The third-order valence-corrected chi connectivity index (χ3v) is 3.34. The van der Waals surface area contributed by atoms with Gasteiger partial charge in [0.2, 0.25) is 0 Å². The molecule has 2 aromatic rings. The van der Waals surface area contributed by atoms with Crippen molar-refractivity contribution in [1.29, 1.82) is 0 Å². The lowest BCUT2D eigenvalue weighted by Gasteiger charge is -2.07. The number of rotatable bonds is 5. The van der Waals surface area contributed by atoms with Gasteiger partial charge in [-0.05, 0) is 48.2 Å². The molecule has 2 aromatic carbocycles. The summed E-state index contributed by atoms with van der Waals surface area (Å²) < 4.78 is 19.0. The van der Waals surface area contributed by atoms with Crippen LogP contribution in [0.15, 0.2) is 42.5 Å². The Kier molecular flexibility index (Phi) is 5.09. The van der Waals surface area contributed by atoms with E-state index >= 15 is 0 Å². The van der Waals surface area contributed by atoms with Gasteiger partial charge in [0.1, 0.15) is 0 Å². The summed E-state index contributed by atoms with van der Waals surface area (Å²) in [5.74, 6) is -1.07. The topological polar surface area (TPSA) is 26.3 Å². The highest BCUT2D eigenvalue weighted by atomic mass is 19.1. The molecule has 0 aromatic heterocycles. The number of halogens is 1. The number of aryl methyl sites for hydroxylation is 2. The van der Waals surface area contributed by atoms with E-state index in [2.05, 4.69) is 0 Å². The van der Waals surface area contributed by atoms with Crippen LogP contribution in [-0.2, 0) is 12.8 Å². The predicted octanol–water partition coefficient (Wildman–Crippen LogP) is 4.56. The van der Waals surface area contributed by atoms with Gasteiger partial charge in [0.15, 0.2) is 11.6 Å². The highest BCUT2D eigenvalue weighted by Crippen LogP contribution is 2.20. The van der Waals surface area contributed by atoms with Crippen LogP contribution in [0.5, 0.6) is 5.75 Å². The molecule has 0 saturated carbocycles. The molecule has 3 heteroatoms. The van der Waals surface area contributed by atoms with Gasteiger partial charge in [0, 0.05) is 0 Å². The van der Waals surface area contributed by atoms with Gasteiger partial charge < -0.3 is 4.74 Å². The summed E-state index contributed by atoms with van der Waals surface area (Å²) in [6, 6.07) is 11.9. The molecule has 2 rings (SSSR count). The van der Waals surface area contributed by atoms with Crippen LogP contribution in [0, 0.1) is 5.82 Å². The van der Waals surface area contributed by atoms with Gasteiger partial charge in [0.05, 0.1) is 5.56 Å². The molecule has 0 aliphatic rings. The Hall–Kier alpha value is -2.16. The summed E-state index contributed by atoms with van der Waals surface area (Å²) in [5.41, 5.74) is 2.47. The largest absolute Gasteiger partial charge is 0.420 e. The molecule has 21 heavy (non-hydrogen) atoms. The first kappa shape index (κ1) is 15.2. The molecule has 0 radical (unpaired) electrons. The molecular weight excluding hydrogens is 267 g/mol. The molecule has 0 aliphatic heterocycles. The lowest BCUT2D eigenvalue weighted by atomic mass is 10.1. The van der Waals surface area contributed by atoms with Crippen molar-refractivity contribution < 1.29 is 13.9 Å². The minimum atomic E-state index is -0.542. The van der Waals surface area contributed by atoms with E-state index in [0.29, 0.717) is 5.56 Å². The molecule has 0 saturated heterocycles. The Bertz CT molecular complexity index is 618. The molecule has 0 atom stereocenters. The molecule has 0 amide bonds. The Labute approximate surface area is 124 Å². The molecule has 0 bridgehead atoms. The second kappa shape index (κ2) is 7.02. The second-order valence-electron chi connectivity index (χ2n) is 4.95. The zero-order valence-electron chi connectivity index (χ0n) is 12.4. The Morgan fingerprint density at radius 3 is 2.29 bits per heavy atom. The van der Waals surface area contributed by atoms with Crippen molar-refractivity contribution in [3.05, 3.63) is 65.0 Å². The summed E-state index contributed by atoms with van der Waals surface area (Å²) in [6.07, 6.45) is 2.66. The van der Waals surface area contributed by atoms with Crippen molar-refractivity contribution in [3.8, 4) is 5.75 Å². The number of hydrogen-bond acceptors (Lipinski definition) is 2. The number of hydrogen-bond donors (Lipinski definition) is 0. The van der Waals surface area contributed by atoms with Crippen LogP contribution < -0.4 is 4.74 Å². The second-order valence-corrected chi connectivity index (χ2v) is 4.95. The number of ether oxygens (including phenoxy) is 1. The molecule has 0 N–H and O–H groups in total. The Morgan fingerprint density at radius 1 is 1.05 bits per heavy atom. The van der Waals surface area contributed by atoms with Crippen LogP contribution in [-0.4, -0.2) is 5.97 Å². The highest BCUT2D eigenvalue weighted by molar-refractivity contribution is 5.91. The van der Waals surface area contributed by atoms with Crippen LogP contribution in [0.3, 0.4) is 0 Å². The van der Waals surface area contributed by atoms with E-state index in [9.17, 15) is 9.18 Å². The summed E-state index contributed by atoms with van der Waals surface area (Å²) in [4.78, 5) is 12.0. The summed E-state index contributed by atoms with van der Waals surface area (Å²) in [5, 5.41) is 0. The first-order valence-electron chi connectivity index (χ1n) is 7.23. The standard InChI is InChI=1S/C18H19FO2/c1-3-5-14-8-11-17(16(19)12-14)21-18(20)15-9-6-13(4-2)7-10-15/h6-12H,3-5H2,1-2H3.